The zero-order chi connectivity index (χ0) is 12.7. The van der Waals surface area contributed by atoms with Crippen molar-refractivity contribution < 1.29 is 19.1 Å². The highest BCUT2D eigenvalue weighted by molar-refractivity contribution is 5.79. The van der Waals surface area contributed by atoms with Crippen molar-refractivity contribution in [3.63, 3.8) is 0 Å². The first-order chi connectivity index (χ1) is 7.36. The van der Waals surface area contributed by atoms with Gasteiger partial charge in [0.2, 0.25) is 0 Å². The Morgan fingerprint density at radius 3 is 2.06 bits per heavy atom. The number of hydrogen-bond acceptors (Lipinski definition) is 4. The van der Waals surface area contributed by atoms with Gasteiger partial charge in [-0.2, -0.15) is 0 Å². The van der Waals surface area contributed by atoms with Crippen LogP contribution in [0.3, 0.4) is 0 Å². The van der Waals surface area contributed by atoms with Gasteiger partial charge in [0, 0.05) is 26.9 Å². The van der Waals surface area contributed by atoms with Crippen LogP contribution in [0.2, 0.25) is 0 Å². The summed E-state index contributed by atoms with van der Waals surface area (Å²) in [6.07, 6.45) is -0.00482. The molecule has 4 nitrogen and oxygen atoms in total. The number of hydrogen-bond donors (Lipinski definition) is 0. The summed E-state index contributed by atoms with van der Waals surface area (Å²) in [7, 11) is 1.54. The smallest absolute Gasteiger partial charge is 0.303 e. The maximum atomic E-state index is 11.6. The van der Waals surface area contributed by atoms with Crippen LogP contribution in [0.4, 0.5) is 0 Å². The maximum absolute atomic E-state index is 11.6. The van der Waals surface area contributed by atoms with Crippen LogP contribution in [0.1, 0.15) is 40.5 Å². The molecule has 0 radical (unpaired) electrons. The molecule has 0 N–H and O–H groups in total. The van der Waals surface area contributed by atoms with Crippen LogP contribution in [-0.2, 0) is 19.1 Å². The predicted molar refractivity (Wildman–Crippen MR) is 61.1 cm³/mol. The lowest BCUT2D eigenvalue weighted by Gasteiger charge is -2.22. The molecular weight excluding hydrogens is 208 g/mol. The Balaban J connectivity index is 4.30. The summed E-state index contributed by atoms with van der Waals surface area (Å²) in [5.41, 5.74) is 0. The van der Waals surface area contributed by atoms with E-state index in [1.54, 1.807) is 6.92 Å². The van der Waals surface area contributed by atoms with Crippen molar-refractivity contribution in [2.75, 3.05) is 7.11 Å². The van der Waals surface area contributed by atoms with Crippen LogP contribution < -0.4 is 0 Å². The minimum Gasteiger partial charge on any atom is -0.459 e. The van der Waals surface area contributed by atoms with Gasteiger partial charge in [0.25, 0.3) is 0 Å². The normalized spacial score (nSPS) is 14.6. The number of Topliss-reactive ketones (excluding diaryl/α,β-unsaturated/α-hetero) is 1. The number of ketones is 1. The first kappa shape index (κ1) is 15.1. The molecule has 0 amide bonds. The molecule has 0 aliphatic carbocycles. The van der Waals surface area contributed by atoms with Crippen molar-refractivity contribution in [1.82, 2.24) is 0 Å². The minimum atomic E-state index is -0.478. The lowest BCUT2D eigenvalue weighted by Crippen LogP contribution is -2.32. The molecule has 0 aromatic rings. The van der Waals surface area contributed by atoms with E-state index >= 15 is 0 Å². The van der Waals surface area contributed by atoms with Gasteiger partial charge in [-0.15, -0.1) is 0 Å². The quantitative estimate of drug-likeness (QED) is 0.627. The summed E-state index contributed by atoms with van der Waals surface area (Å²) in [6.45, 7) is 7.09. The van der Waals surface area contributed by atoms with Gasteiger partial charge in [0.15, 0.2) is 0 Å². The van der Waals surface area contributed by atoms with Crippen LogP contribution in [0, 0.1) is 5.92 Å². The van der Waals surface area contributed by atoms with Crippen molar-refractivity contribution in [3.05, 3.63) is 0 Å². The molecule has 2 unspecified atom stereocenters. The van der Waals surface area contributed by atoms with Crippen molar-refractivity contribution in [1.29, 1.82) is 0 Å². The molecule has 2 atom stereocenters. The number of esters is 1. The molecular formula is C12H22O4. The van der Waals surface area contributed by atoms with E-state index in [0.29, 0.717) is 12.3 Å². The first-order valence-corrected chi connectivity index (χ1v) is 5.58. The van der Waals surface area contributed by atoms with E-state index in [2.05, 4.69) is 0 Å². The van der Waals surface area contributed by atoms with Gasteiger partial charge in [-0.1, -0.05) is 13.8 Å². The van der Waals surface area contributed by atoms with Gasteiger partial charge < -0.3 is 9.47 Å². The van der Waals surface area contributed by atoms with E-state index in [4.69, 9.17) is 9.47 Å². The largest absolute Gasteiger partial charge is 0.459 e. The van der Waals surface area contributed by atoms with Crippen molar-refractivity contribution in [3.8, 4) is 0 Å². The third kappa shape index (κ3) is 6.56. The number of carbonyl (C=O) groups is 2. The molecule has 0 aliphatic heterocycles. The molecule has 0 rings (SSSR count). The van der Waals surface area contributed by atoms with Gasteiger partial charge in [-0.3, -0.25) is 9.59 Å². The van der Waals surface area contributed by atoms with Crippen LogP contribution in [0.25, 0.3) is 0 Å². The van der Waals surface area contributed by atoms with E-state index in [1.165, 1.54) is 14.0 Å². The number of rotatable bonds is 7. The van der Waals surface area contributed by atoms with Gasteiger partial charge in [-0.25, -0.2) is 0 Å². The molecule has 0 heterocycles. The fourth-order valence-corrected chi connectivity index (χ4v) is 1.43. The molecule has 0 fully saturated rings. The van der Waals surface area contributed by atoms with Gasteiger partial charge >= 0.3 is 5.97 Å². The molecule has 16 heavy (non-hydrogen) atoms. The zero-order valence-electron chi connectivity index (χ0n) is 10.8. The summed E-state index contributed by atoms with van der Waals surface area (Å²) >= 11 is 0. The standard InChI is InChI=1S/C12H22O4/c1-8(2)6-11(14)7-12(9(3)15-5)16-10(4)13/h8-9,12H,6-7H2,1-5H3. The van der Waals surface area contributed by atoms with Gasteiger partial charge in [0.05, 0.1) is 6.10 Å². The number of ether oxygens (including phenoxy) is 2. The Kier molecular flexibility index (Phi) is 6.97. The molecule has 0 aromatic heterocycles. The van der Waals surface area contributed by atoms with Crippen LogP contribution in [0.5, 0.6) is 0 Å². The summed E-state index contributed by atoms with van der Waals surface area (Å²) in [5.74, 6) is 0.0414. The molecule has 4 heteroatoms. The van der Waals surface area contributed by atoms with Crippen LogP contribution in [-0.4, -0.2) is 31.1 Å². The fraction of sp³-hybridized carbons (Fsp3) is 0.833. The Bertz CT molecular complexity index is 235. The molecule has 0 aliphatic rings. The molecule has 94 valence electrons. The highest BCUT2D eigenvalue weighted by atomic mass is 16.6. The SMILES string of the molecule is COC(C)C(CC(=O)CC(C)C)OC(C)=O. The molecule has 0 aromatic carbocycles. The Morgan fingerprint density at radius 2 is 1.69 bits per heavy atom. The lowest BCUT2D eigenvalue weighted by atomic mass is 10.0. The Morgan fingerprint density at radius 1 is 1.12 bits per heavy atom. The van der Waals surface area contributed by atoms with Crippen molar-refractivity contribution >= 4 is 11.8 Å². The highest BCUT2D eigenvalue weighted by Crippen LogP contribution is 2.12. The Hall–Kier alpha value is -0.900. The van der Waals surface area contributed by atoms with Crippen molar-refractivity contribution in [2.45, 2.75) is 52.7 Å². The average molecular weight is 230 g/mol. The molecule has 0 spiro atoms. The molecule has 0 saturated heterocycles. The van der Waals surface area contributed by atoms with Crippen LogP contribution >= 0.6 is 0 Å². The maximum Gasteiger partial charge on any atom is 0.303 e. The Labute approximate surface area is 97.3 Å². The van der Waals surface area contributed by atoms with E-state index < -0.39 is 6.10 Å². The predicted octanol–water partition coefficient (Wildman–Crippen LogP) is 1.96. The van der Waals surface area contributed by atoms with E-state index in [9.17, 15) is 9.59 Å². The van der Waals surface area contributed by atoms with Crippen LogP contribution in [0.15, 0.2) is 0 Å². The lowest BCUT2D eigenvalue weighted by molar-refractivity contribution is -0.154. The average Bonchev–Trinajstić information content (AvgIpc) is 2.13. The first-order valence-electron chi connectivity index (χ1n) is 5.58. The third-order valence-corrected chi connectivity index (χ3v) is 2.28. The summed E-state index contributed by atoms with van der Waals surface area (Å²) < 4.78 is 10.2. The second kappa shape index (κ2) is 7.39. The fourth-order valence-electron chi connectivity index (χ4n) is 1.43. The highest BCUT2D eigenvalue weighted by Gasteiger charge is 2.23. The monoisotopic (exact) mass is 230 g/mol. The second-order valence-electron chi connectivity index (χ2n) is 4.43. The summed E-state index contributed by atoms with van der Waals surface area (Å²) in [6, 6.07) is 0. The molecule has 0 saturated carbocycles. The minimum absolute atomic E-state index is 0.102. The van der Waals surface area contributed by atoms with E-state index in [1.807, 2.05) is 13.8 Å². The third-order valence-electron chi connectivity index (χ3n) is 2.28. The van der Waals surface area contributed by atoms with E-state index in [0.717, 1.165) is 0 Å². The molecule has 0 bridgehead atoms. The number of methoxy groups -OCH3 is 1. The summed E-state index contributed by atoms with van der Waals surface area (Å²) in [5, 5.41) is 0. The van der Waals surface area contributed by atoms with Gasteiger partial charge in [-0.05, 0) is 12.8 Å². The van der Waals surface area contributed by atoms with Gasteiger partial charge in [0.1, 0.15) is 11.9 Å². The van der Waals surface area contributed by atoms with E-state index in [-0.39, 0.29) is 24.3 Å². The van der Waals surface area contributed by atoms with Crippen molar-refractivity contribution in [2.24, 2.45) is 5.92 Å². The zero-order valence-corrected chi connectivity index (χ0v) is 10.8. The topological polar surface area (TPSA) is 52.6 Å². The summed E-state index contributed by atoms with van der Waals surface area (Å²) in [4.78, 5) is 22.5. The second-order valence-corrected chi connectivity index (χ2v) is 4.43. The number of carbonyl (C=O) groups excluding carboxylic acids is 2.